The van der Waals surface area contributed by atoms with Gasteiger partial charge in [-0.3, -0.25) is 0 Å². The average molecular weight is 432 g/mol. The Hall–Kier alpha value is 0.951. The molecule has 1 rings (SSSR count). The van der Waals surface area contributed by atoms with Gasteiger partial charge in [-0.2, -0.15) is 0 Å². The summed E-state index contributed by atoms with van der Waals surface area (Å²) in [6.07, 6.45) is 12.1. The van der Waals surface area contributed by atoms with E-state index in [1.165, 1.54) is 45.2 Å². The van der Waals surface area contributed by atoms with E-state index in [9.17, 15) is 0 Å². The number of allylic oxidation sites excluding steroid dienone is 4. The van der Waals surface area contributed by atoms with E-state index in [4.69, 9.17) is 0 Å². The molecule has 0 atom stereocenters. The van der Waals surface area contributed by atoms with Gasteiger partial charge in [-0.1, -0.05) is 0 Å². The summed E-state index contributed by atoms with van der Waals surface area (Å²) in [5, 5.41) is 10.9. The van der Waals surface area contributed by atoms with E-state index in [0.29, 0.717) is 0 Å². The second-order valence-corrected chi connectivity index (χ2v) is 46.5. The van der Waals surface area contributed by atoms with Crippen molar-refractivity contribution in [3.63, 3.8) is 0 Å². The summed E-state index contributed by atoms with van der Waals surface area (Å²) in [7, 11) is 0. The molecule has 0 bridgehead atoms. The van der Waals surface area contributed by atoms with Gasteiger partial charge in [0.05, 0.1) is 0 Å². The Labute approximate surface area is 163 Å². The molecule has 1 nitrogen and oxygen atoms in total. The molecule has 1 aliphatic carbocycles. The predicted octanol–water partition coefficient (Wildman–Crippen LogP) is 7.70. The summed E-state index contributed by atoms with van der Waals surface area (Å²) in [6.45, 7) is 12.6. The Balaban J connectivity index is 0. The second-order valence-electron chi connectivity index (χ2n) is 10.7. The number of hydrogen-bond acceptors (Lipinski definition) is 1. The third kappa shape index (κ3) is 5.02. The summed E-state index contributed by atoms with van der Waals surface area (Å²) in [6, 6.07) is 0. The first-order valence-electron chi connectivity index (χ1n) is 9.49. The quantitative estimate of drug-likeness (QED) is 0.338. The fourth-order valence-electron chi connectivity index (χ4n) is 3.75. The molecule has 146 valence electrons. The maximum Gasteiger partial charge on any atom is -0.147 e. The maximum atomic E-state index is 2.98. The van der Waals surface area contributed by atoms with Gasteiger partial charge in [0, 0.05) is 0 Å². The maximum absolute atomic E-state index is 3.21. The number of halogens is 2. The van der Waals surface area contributed by atoms with Crippen molar-refractivity contribution in [3.05, 3.63) is 22.1 Å². The standard InChI is InChI=1S/C10H24NSi.C5H5.4CH3.2ClH.Ti/c1-5-7-9-11(12(3)4)10-8-6-2;1-2-4-5-3-1;;;;;;;/h5-10H2,1-4H3;1-3H,4H2;4*1H3;2*1H;. The molecular formula is C19H43Cl2NSiTi. The molecule has 0 aliphatic heterocycles. The second kappa shape index (κ2) is 8.76. The van der Waals surface area contributed by atoms with Gasteiger partial charge in [0.1, 0.15) is 0 Å². The fourth-order valence-corrected chi connectivity index (χ4v) is 22.5. The van der Waals surface area contributed by atoms with Crippen molar-refractivity contribution < 1.29 is 13.3 Å². The SMILES string of the molecule is CCCCN(CCCC)[Si](C)(C)[Ti]([CH3])([CH3])([CH3])([CH3])[C]1=CC=CC1.Cl.Cl. The van der Waals surface area contributed by atoms with E-state index in [0.717, 1.165) is 0 Å². The van der Waals surface area contributed by atoms with Crippen LogP contribution in [0.25, 0.3) is 0 Å². The molecule has 0 aromatic rings. The molecule has 0 fully saturated rings. The van der Waals surface area contributed by atoms with Crippen LogP contribution in [-0.4, -0.2) is 23.8 Å². The van der Waals surface area contributed by atoms with Gasteiger partial charge in [0.25, 0.3) is 0 Å². The van der Waals surface area contributed by atoms with Gasteiger partial charge in [0.2, 0.25) is 0 Å². The number of hydrogen-bond donors (Lipinski definition) is 0. The van der Waals surface area contributed by atoms with Crippen LogP contribution in [0.2, 0.25) is 34.0 Å². The minimum atomic E-state index is -3.21. The van der Waals surface area contributed by atoms with Crippen LogP contribution in [-0.2, 0) is 13.3 Å². The number of rotatable bonds is 9. The summed E-state index contributed by atoms with van der Waals surface area (Å²) in [4.78, 5) is 0. The smallest absolute Gasteiger partial charge is 0.147 e. The first kappa shape index (κ1) is 27.2. The van der Waals surface area contributed by atoms with Gasteiger partial charge >= 0.3 is 139 Å². The first-order valence-corrected chi connectivity index (χ1v) is 21.8. The minimum absolute atomic E-state index is 0. The molecule has 0 saturated heterocycles. The third-order valence-corrected chi connectivity index (χ3v) is 48.5. The van der Waals surface area contributed by atoms with Gasteiger partial charge in [-0.05, 0) is 0 Å². The monoisotopic (exact) mass is 431 g/mol. The molecule has 0 N–H and O–H groups in total. The van der Waals surface area contributed by atoms with E-state index in [1.54, 1.807) is 3.88 Å². The van der Waals surface area contributed by atoms with Crippen molar-refractivity contribution in [1.29, 1.82) is 0 Å². The van der Waals surface area contributed by atoms with Crippen molar-refractivity contribution in [2.45, 2.75) is 80.0 Å². The molecule has 0 heterocycles. The third-order valence-electron chi connectivity index (χ3n) is 7.32. The van der Waals surface area contributed by atoms with Crippen molar-refractivity contribution >= 4 is 30.9 Å². The zero-order valence-corrected chi connectivity index (χ0v) is 21.6. The van der Waals surface area contributed by atoms with Gasteiger partial charge in [-0.15, -0.1) is 24.8 Å². The summed E-state index contributed by atoms with van der Waals surface area (Å²) >= 11 is -3.21. The molecule has 0 amide bonds. The minimum Gasteiger partial charge on any atom is -0.147 e. The van der Waals surface area contributed by atoms with Gasteiger partial charge in [0.15, 0.2) is 0 Å². The van der Waals surface area contributed by atoms with Crippen LogP contribution >= 0.6 is 24.8 Å². The molecule has 0 radical (unpaired) electrons. The van der Waals surface area contributed by atoms with E-state index in [1.807, 2.05) is 0 Å². The zero-order chi connectivity index (χ0) is 17.1. The molecular weight excluding hydrogens is 389 g/mol. The zero-order valence-electron chi connectivity index (χ0n) is 17.4. The van der Waals surface area contributed by atoms with Crippen LogP contribution in [0.3, 0.4) is 0 Å². The molecule has 0 saturated carbocycles. The van der Waals surface area contributed by atoms with E-state index >= 15 is 0 Å². The Morgan fingerprint density at radius 3 is 1.75 bits per heavy atom. The largest absolute Gasteiger partial charge is 0.147 e. The molecule has 0 unspecified atom stereocenters. The van der Waals surface area contributed by atoms with Crippen LogP contribution in [0.5, 0.6) is 0 Å². The number of unbranched alkanes of at least 4 members (excludes halogenated alkanes) is 2. The summed E-state index contributed by atoms with van der Waals surface area (Å²) in [5.74, 6) is 0. The average Bonchev–Trinajstić information content (AvgIpc) is 2.92. The topological polar surface area (TPSA) is 3.24 Å². The van der Waals surface area contributed by atoms with Crippen LogP contribution in [0.4, 0.5) is 0 Å². The van der Waals surface area contributed by atoms with Crippen molar-refractivity contribution in [3.8, 4) is 0 Å². The van der Waals surface area contributed by atoms with E-state index in [-0.39, 0.29) is 24.8 Å². The Kier molecular flexibility index (Phi) is 9.92. The fraction of sp³-hybridized carbons (Fsp3) is 0.789. The molecule has 0 spiro atoms. The molecule has 24 heavy (non-hydrogen) atoms. The molecule has 5 heteroatoms. The Bertz CT molecular complexity index is 454. The normalized spacial score (nSPS) is 17.6. The Morgan fingerprint density at radius 2 is 1.42 bits per heavy atom. The Morgan fingerprint density at radius 1 is 0.958 bits per heavy atom. The summed E-state index contributed by atoms with van der Waals surface area (Å²) < 4.78 is 4.78. The van der Waals surface area contributed by atoms with Crippen molar-refractivity contribution in [1.82, 2.24) is 4.57 Å². The van der Waals surface area contributed by atoms with Crippen LogP contribution in [0.1, 0.15) is 46.0 Å². The van der Waals surface area contributed by atoms with Crippen molar-refractivity contribution in [2.75, 3.05) is 13.1 Å². The van der Waals surface area contributed by atoms with Crippen LogP contribution in [0, 0.1) is 0 Å². The summed E-state index contributed by atoms with van der Waals surface area (Å²) in [5.41, 5.74) is 0. The van der Waals surface area contributed by atoms with Gasteiger partial charge in [-0.25, -0.2) is 0 Å². The predicted molar refractivity (Wildman–Crippen MR) is 119 cm³/mol. The molecule has 1 aliphatic rings. The molecule has 0 aromatic carbocycles. The number of nitrogens with zero attached hydrogens (tertiary/aromatic N) is 1. The van der Waals surface area contributed by atoms with Crippen LogP contribution in [0.15, 0.2) is 22.1 Å². The van der Waals surface area contributed by atoms with E-state index in [2.05, 4.69) is 70.6 Å². The molecule has 0 aromatic heterocycles. The van der Waals surface area contributed by atoms with Crippen LogP contribution < -0.4 is 0 Å². The van der Waals surface area contributed by atoms with Gasteiger partial charge < -0.3 is 0 Å². The van der Waals surface area contributed by atoms with E-state index < -0.39 is 19.4 Å². The first-order chi connectivity index (χ1) is 9.91. The van der Waals surface area contributed by atoms with Crippen molar-refractivity contribution in [2.24, 2.45) is 0 Å².